The van der Waals surface area contributed by atoms with E-state index in [9.17, 15) is 13.2 Å². The average molecular weight is 463 g/mol. The van der Waals surface area contributed by atoms with Gasteiger partial charge in [-0.25, -0.2) is 8.42 Å². The first-order chi connectivity index (χ1) is 15.4. The molecule has 172 valence electrons. The van der Waals surface area contributed by atoms with Crippen LogP contribution in [-0.4, -0.2) is 59.2 Å². The predicted molar refractivity (Wildman–Crippen MR) is 117 cm³/mol. The minimum absolute atomic E-state index is 0.0206. The van der Waals surface area contributed by atoms with Gasteiger partial charge < -0.3 is 24.3 Å². The van der Waals surface area contributed by atoms with E-state index in [1.807, 2.05) is 0 Å². The third-order valence-corrected chi connectivity index (χ3v) is 7.44. The van der Waals surface area contributed by atoms with Gasteiger partial charge in [-0.05, 0) is 37.1 Å². The monoisotopic (exact) mass is 462 g/mol. The fraction of sp³-hybridized carbons (Fsp3) is 0.409. The molecule has 0 radical (unpaired) electrons. The van der Waals surface area contributed by atoms with Crippen LogP contribution in [0.1, 0.15) is 12.8 Å². The highest BCUT2D eigenvalue weighted by Crippen LogP contribution is 2.34. The van der Waals surface area contributed by atoms with Crippen LogP contribution < -0.4 is 24.3 Å². The number of fused-ring (bicyclic) bond motifs is 1. The Kier molecular flexibility index (Phi) is 6.43. The Morgan fingerprint density at radius 1 is 1.06 bits per heavy atom. The fourth-order valence-corrected chi connectivity index (χ4v) is 5.56. The first-order valence-electron chi connectivity index (χ1n) is 10.3. The van der Waals surface area contributed by atoms with Crippen molar-refractivity contribution in [2.45, 2.75) is 17.7 Å². The van der Waals surface area contributed by atoms with Gasteiger partial charge in [0.25, 0.3) is 0 Å². The van der Waals surface area contributed by atoms with E-state index in [1.54, 1.807) is 30.3 Å². The van der Waals surface area contributed by atoms with Crippen molar-refractivity contribution >= 4 is 21.6 Å². The second-order valence-electron chi connectivity index (χ2n) is 7.57. The van der Waals surface area contributed by atoms with E-state index in [0.717, 1.165) is 0 Å². The quantitative estimate of drug-likeness (QED) is 0.704. The van der Waals surface area contributed by atoms with E-state index >= 15 is 0 Å². The highest BCUT2D eigenvalue weighted by molar-refractivity contribution is 7.89. The third kappa shape index (κ3) is 4.46. The number of hydrogen-bond donors (Lipinski definition) is 1. The number of amides is 1. The number of carbonyl (C=O) groups is 1. The Bertz CT molecular complexity index is 1100. The zero-order valence-corrected chi connectivity index (χ0v) is 18.8. The fourth-order valence-electron chi connectivity index (χ4n) is 3.86. The van der Waals surface area contributed by atoms with Gasteiger partial charge in [-0.3, -0.25) is 4.79 Å². The lowest BCUT2D eigenvalue weighted by Gasteiger charge is -2.31. The lowest BCUT2D eigenvalue weighted by Crippen LogP contribution is -2.43. The second-order valence-corrected chi connectivity index (χ2v) is 9.47. The number of benzene rings is 2. The summed E-state index contributed by atoms with van der Waals surface area (Å²) in [7, 11) is -0.990. The smallest absolute Gasteiger partial charge is 0.246 e. The van der Waals surface area contributed by atoms with Crippen LogP contribution in [0.5, 0.6) is 23.0 Å². The van der Waals surface area contributed by atoms with Crippen LogP contribution in [0, 0.1) is 5.92 Å². The molecule has 2 aliphatic rings. The molecule has 1 N–H and O–H groups in total. The van der Waals surface area contributed by atoms with Gasteiger partial charge in [-0.15, -0.1) is 0 Å². The minimum Gasteiger partial charge on any atom is -0.497 e. The molecule has 0 saturated carbocycles. The summed E-state index contributed by atoms with van der Waals surface area (Å²) in [5.74, 6) is 1.13. The van der Waals surface area contributed by atoms with Crippen molar-refractivity contribution in [1.82, 2.24) is 4.31 Å². The topological polar surface area (TPSA) is 103 Å². The zero-order chi connectivity index (χ0) is 22.7. The van der Waals surface area contributed by atoms with Crippen molar-refractivity contribution in [3.63, 3.8) is 0 Å². The van der Waals surface area contributed by atoms with Crippen molar-refractivity contribution in [3.05, 3.63) is 36.4 Å². The van der Waals surface area contributed by atoms with Gasteiger partial charge in [0.15, 0.2) is 11.5 Å². The summed E-state index contributed by atoms with van der Waals surface area (Å²) in [4.78, 5) is 12.9. The molecule has 0 bridgehead atoms. The van der Waals surface area contributed by atoms with Gasteiger partial charge in [0.05, 0.1) is 20.1 Å². The predicted octanol–water partition coefficient (Wildman–Crippen LogP) is 2.51. The van der Waals surface area contributed by atoms with Crippen molar-refractivity contribution in [3.8, 4) is 23.0 Å². The van der Waals surface area contributed by atoms with Crippen LogP contribution in [0.4, 0.5) is 5.69 Å². The van der Waals surface area contributed by atoms with Crippen LogP contribution in [0.25, 0.3) is 0 Å². The molecule has 1 saturated heterocycles. The number of methoxy groups -OCH3 is 2. The first kappa shape index (κ1) is 22.2. The normalized spacial score (nSPS) is 18.6. The number of piperidine rings is 1. The molecule has 0 aromatic heterocycles. The second kappa shape index (κ2) is 9.25. The number of rotatable bonds is 6. The Hall–Kier alpha value is -2.98. The van der Waals surface area contributed by atoms with Crippen LogP contribution >= 0.6 is 0 Å². The van der Waals surface area contributed by atoms with E-state index in [1.165, 1.54) is 24.6 Å². The SMILES string of the molecule is COc1ccc(OC)c(S(=O)(=O)N2CCC[C@H](C(=O)Nc3ccc4c(c3)OCCO4)C2)c1. The van der Waals surface area contributed by atoms with Crippen LogP contribution in [0.15, 0.2) is 41.3 Å². The molecule has 2 heterocycles. The molecule has 2 aliphatic heterocycles. The molecule has 32 heavy (non-hydrogen) atoms. The Labute approximate surface area is 187 Å². The number of hydrogen-bond acceptors (Lipinski definition) is 7. The molecule has 10 heteroatoms. The number of sulfonamides is 1. The molecule has 9 nitrogen and oxygen atoms in total. The summed E-state index contributed by atoms with van der Waals surface area (Å²) in [6, 6.07) is 9.83. The van der Waals surface area contributed by atoms with E-state index in [-0.39, 0.29) is 23.1 Å². The molecule has 1 fully saturated rings. The Balaban J connectivity index is 1.50. The average Bonchev–Trinajstić information content (AvgIpc) is 2.83. The van der Waals surface area contributed by atoms with E-state index < -0.39 is 15.9 Å². The maximum atomic E-state index is 13.4. The zero-order valence-electron chi connectivity index (χ0n) is 18.0. The standard InChI is InChI=1S/C22H26N2O7S/c1-28-17-6-8-19(29-2)21(13-17)32(26,27)24-9-3-4-15(14-24)22(25)23-16-5-7-18-20(12-16)31-11-10-30-18/h5-8,12-13,15H,3-4,9-11,14H2,1-2H3,(H,23,25)/t15-/m0/s1. The number of ether oxygens (including phenoxy) is 4. The van der Waals surface area contributed by atoms with Gasteiger partial charge in [-0.2, -0.15) is 4.31 Å². The molecule has 0 unspecified atom stereocenters. The van der Waals surface area contributed by atoms with E-state index in [2.05, 4.69) is 5.32 Å². The van der Waals surface area contributed by atoms with Gasteiger partial charge in [0.1, 0.15) is 29.6 Å². The van der Waals surface area contributed by atoms with Gasteiger partial charge >= 0.3 is 0 Å². The third-order valence-electron chi connectivity index (χ3n) is 5.55. The summed E-state index contributed by atoms with van der Waals surface area (Å²) in [5, 5.41) is 2.87. The van der Waals surface area contributed by atoms with E-state index in [0.29, 0.717) is 55.5 Å². The van der Waals surface area contributed by atoms with Gasteiger partial charge in [0, 0.05) is 30.9 Å². The van der Waals surface area contributed by atoms with Crippen molar-refractivity contribution in [1.29, 1.82) is 0 Å². The number of nitrogens with zero attached hydrogens (tertiary/aromatic N) is 1. The van der Waals surface area contributed by atoms with E-state index in [4.69, 9.17) is 18.9 Å². The summed E-state index contributed by atoms with van der Waals surface area (Å²) < 4.78 is 49.5. The molecule has 1 atom stereocenters. The summed E-state index contributed by atoms with van der Waals surface area (Å²) in [6.07, 6.45) is 1.17. The Morgan fingerprint density at radius 2 is 1.84 bits per heavy atom. The summed E-state index contributed by atoms with van der Waals surface area (Å²) in [5.41, 5.74) is 0.577. The van der Waals surface area contributed by atoms with Gasteiger partial charge in [0.2, 0.25) is 15.9 Å². The van der Waals surface area contributed by atoms with Crippen molar-refractivity contribution < 1.29 is 32.2 Å². The molecular formula is C22H26N2O7S. The largest absolute Gasteiger partial charge is 0.497 e. The van der Waals surface area contributed by atoms with Crippen molar-refractivity contribution in [2.75, 3.05) is 45.8 Å². The molecule has 0 aliphatic carbocycles. The molecule has 2 aromatic carbocycles. The number of anilines is 1. The molecule has 4 rings (SSSR count). The lowest BCUT2D eigenvalue weighted by molar-refractivity contribution is -0.120. The lowest BCUT2D eigenvalue weighted by atomic mass is 9.98. The van der Waals surface area contributed by atoms with Gasteiger partial charge in [-0.1, -0.05) is 0 Å². The Morgan fingerprint density at radius 3 is 2.59 bits per heavy atom. The molecule has 1 amide bonds. The number of nitrogens with one attached hydrogen (secondary N) is 1. The summed E-state index contributed by atoms with van der Waals surface area (Å²) >= 11 is 0. The van der Waals surface area contributed by atoms with Crippen LogP contribution in [0.2, 0.25) is 0 Å². The maximum absolute atomic E-state index is 13.4. The molecule has 2 aromatic rings. The van der Waals surface area contributed by atoms with Crippen LogP contribution in [-0.2, 0) is 14.8 Å². The minimum atomic E-state index is -3.88. The highest BCUT2D eigenvalue weighted by Gasteiger charge is 2.35. The summed E-state index contributed by atoms with van der Waals surface area (Å²) in [6.45, 7) is 1.35. The maximum Gasteiger partial charge on any atom is 0.246 e. The van der Waals surface area contributed by atoms with Crippen LogP contribution in [0.3, 0.4) is 0 Å². The highest BCUT2D eigenvalue weighted by atomic mass is 32.2. The number of carbonyl (C=O) groups excluding carboxylic acids is 1. The molecular weight excluding hydrogens is 436 g/mol. The van der Waals surface area contributed by atoms with Crippen molar-refractivity contribution in [2.24, 2.45) is 5.92 Å². The first-order valence-corrected chi connectivity index (χ1v) is 11.8. The molecule has 0 spiro atoms.